The van der Waals surface area contributed by atoms with Crippen LogP contribution < -0.4 is 9.64 Å². The second kappa shape index (κ2) is 12.5. The van der Waals surface area contributed by atoms with Crippen LogP contribution in [0.5, 0.6) is 11.8 Å². The quantitative estimate of drug-likeness (QED) is 0.277. The molecular weight excluding hydrogens is 597 g/mol. The van der Waals surface area contributed by atoms with E-state index in [-0.39, 0.29) is 64.8 Å². The van der Waals surface area contributed by atoms with Gasteiger partial charge < -0.3 is 19.6 Å². The highest BCUT2D eigenvalue weighted by molar-refractivity contribution is 6.34. The molecule has 0 unspecified atom stereocenters. The third-order valence-electron chi connectivity index (χ3n) is 7.71. The van der Waals surface area contributed by atoms with Crippen LogP contribution in [0.15, 0.2) is 36.9 Å². The lowest BCUT2D eigenvalue weighted by molar-refractivity contribution is -0.148. The van der Waals surface area contributed by atoms with Crippen molar-refractivity contribution < 1.29 is 36.6 Å². The second-order valence-corrected chi connectivity index (χ2v) is 11.0. The van der Waals surface area contributed by atoms with Crippen molar-refractivity contribution in [2.24, 2.45) is 5.92 Å². The number of alkyl halides is 3. The van der Waals surface area contributed by atoms with E-state index < -0.39 is 35.7 Å². The maximum atomic E-state index is 16.2. The lowest BCUT2D eigenvalue weighted by atomic mass is 9.98. The molecule has 1 amide bonds. The molecule has 0 spiro atoms. The SMILES string of the molecule is C=CC(=O)N1CCN(c2nc(OCC3CCN(CC(F)(F)F)CC3)nc3c(F)c(-c4c(O)cccc4F)c(Cl)cc23)CC1. The summed E-state index contributed by atoms with van der Waals surface area (Å²) in [6.45, 7) is 4.55. The van der Waals surface area contributed by atoms with Crippen LogP contribution in [0, 0.1) is 17.6 Å². The van der Waals surface area contributed by atoms with Crippen molar-refractivity contribution in [3.8, 4) is 22.9 Å². The molecule has 1 aromatic heterocycles. The Morgan fingerprint density at radius 2 is 1.79 bits per heavy atom. The Kier molecular flexibility index (Phi) is 8.93. The smallest absolute Gasteiger partial charge is 0.401 e. The van der Waals surface area contributed by atoms with E-state index in [4.69, 9.17) is 16.3 Å². The van der Waals surface area contributed by atoms with Crippen LogP contribution in [0.2, 0.25) is 5.02 Å². The molecule has 2 aromatic carbocycles. The first-order chi connectivity index (χ1) is 20.4. The number of likely N-dealkylation sites (tertiary alicyclic amines) is 1. The van der Waals surface area contributed by atoms with Gasteiger partial charge in [0.25, 0.3) is 0 Å². The van der Waals surface area contributed by atoms with Gasteiger partial charge in [-0.05, 0) is 56.1 Å². The molecule has 2 saturated heterocycles. The van der Waals surface area contributed by atoms with E-state index in [1.165, 1.54) is 29.2 Å². The number of rotatable bonds is 7. The van der Waals surface area contributed by atoms with Gasteiger partial charge >= 0.3 is 12.2 Å². The van der Waals surface area contributed by atoms with E-state index in [1.54, 1.807) is 4.90 Å². The van der Waals surface area contributed by atoms with Crippen LogP contribution in [0.25, 0.3) is 22.0 Å². The normalized spacial score (nSPS) is 17.0. The summed E-state index contributed by atoms with van der Waals surface area (Å²) in [5.74, 6) is -2.38. The molecule has 5 rings (SSSR count). The van der Waals surface area contributed by atoms with Gasteiger partial charge in [-0.15, -0.1) is 0 Å². The average molecular weight is 626 g/mol. The highest BCUT2D eigenvalue weighted by Crippen LogP contribution is 2.42. The van der Waals surface area contributed by atoms with Crippen LogP contribution in [0.1, 0.15) is 12.8 Å². The first-order valence-corrected chi connectivity index (χ1v) is 14.1. The summed E-state index contributed by atoms with van der Waals surface area (Å²) >= 11 is 6.47. The van der Waals surface area contributed by atoms with Crippen LogP contribution in [-0.4, -0.2) is 89.4 Å². The van der Waals surface area contributed by atoms with E-state index in [9.17, 15) is 27.5 Å². The summed E-state index contributed by atoms with van der Waals surface area (Å²) in [5, 5.41) is 10.4. The van der Waals surface area contributed by atoms with Gasteiger partial charge in [0.1, 0.15) is 22.9 Å². The number of fused-ring (bicyclic) bond motifs is 1. The summed E-state index contributed by atoms with van der Waals surface area (Å²) in [5.41, 5.74) is -1.01. The maximum Gasteiger partial charge on any atom is 0.401 e. The molecule has 2 fully saturated rings. The van der Waals surface area contributed by atoms with Gasteiger partial charge in [-0.3, -0.25) is 9.69 Å². The number of hydrogen-bond donors (Lipinski definition) is 1. The molecule has 0 bridgehead atoms. The molecule has 0 atom stereocenters. The summed E-state index contributed by atoms with van der Waals surface area (Å²) < 4.78 is 75.1. The molecule has 2 aliphatic rings. The summed E-state index contributed by atoms with van der Waals surface area (Å²) in [6, 6.07) is 4.78. The number of piperidine rings is 1. The number of phenols is 1. The van der Waals surface area contributed by atoms with Gasteiger partial charge in [-0.2, -0.15) is 23.1 Å². The zero-order valence-electron chi connectivity index (χ0n) is 23.0. The van der Waals surface area contributed by atoms with Crippen molar-refractivity contribution >= 4 is 34.2 Å². The summed E-state index contributed by atoms with van der Waals surface area (Å²) in [6.07, 6.45) is -2.11. The molecular formula is C29H29ClF5N5O3. The minimum atomic E-state index is -4.27. The fourth-order valence-corrected chi connectivity index (χ4v) is 5.77. The Labute approximate surface area is 249 Å². The summed E-state index contributed by atoms with van der Waals surface area (Å²) in [4.78, 5) is 25.7. The lowest BCUT2D eigenvalue weighted by Gasteiger charge is -2.35. The standard InChI is InChI=1S/C29H29ClF5N5O3/c1-2-22(42)39-10-12-40(13-11-39)27-18-14-19(30)23(24-20(31)4-3-5-21(24)41)25(32)26(18)36-28(37-27)43-15-17-6-8-38(9-7-17)16-29(33,34)35/h2-5,14,17,41H,1,6-13,15-16H2. The van der Waals surface area contributed by atoms with Crippen molar-refractivity contribution in [2.45, 2.75) is 19.0 Å². The minimum absolute atomic E-state index is 0.0679. The second-order valence-electron chi connectivity index (χ2n) is 10.6. The molecule has 0 saturated carbocycles. The number of ether oxygens (including phenoxy) is 1. The number of piperazine rings is 1. The molecule has 230 valence electrons. The van der Waals surface area contributed by atoms with Gasteiger partial charge in [0.05, 0.1) is 23.7 Å². The Morgan fingerprint density at radius 1 is 1.09 bits per heavy atom. The molecule has 14 heteroatoms. The number of hydrogen-bond acceptors (Lipinski definition) is 7. The van der Waals surface area contributed by atoms with Gasteiger partial charge in [0, 0.05) is 37.1 Å². The highest BCUT2D eigenvalue weighted by atomic mass is 35.5. The van der Waals surface area contributed by atoms with Crippen LogP contribution in [0.4, 0.5) is 27.8 Å². The number of carbonyl (C=O) groups is 1. The van der Waals surface area contributed by atoms with Crippen LogP contribution >= 0.6 is 11.6 Å². The molecule has 43 heavy (non-hydrogen) atoms. The van der Waals surface area contributed by atoms with Gasteiger partial charge in [0.15, 0.2) is 5.82 Å². The van der Waals surface area contributed by atoms with Crippen molar-refractivity contribution in [3.05, 3.63) is 53.6 Å². The van der Waals surface area contributed by atoms with Crippen molar-refractivity contribution in [1.29, 1.82) is 0 Å². The minimum Gasteiger partial charge on any atom is -0.507 e. The van der Waals surface area contributed by atoms with Crippen molar-refractivity contribution in [2.75, 3.05) is 57.3 Å². The Balaban J connectivity index is 1.48. The average Bonchev–Trinajstić information content (AvgIpc) is 2.97. The third-order valence-corrected chi connectivity index (χ3v) is 8.01. The predicted octanol–water partition coefficient (Wildman–Crippen LogP) is 5.42. The monoisotopic (exact) mass is 625 g/mol. The van der Waals surface area contributed by atoms with Gasteiger partial charge in [-0.1, -0.05) is 24.2 Å². The first-order valence-electron chi connectivity index (χ1n) is 13.7. The number of benzene rings is 2. The molecule has 0 radical (unpaired) electrons. The van der Waals surface area contributed by atoms with Gasteiger partial charge in [-0.25, -0.2) is 8.78 Å². The van der Waals surface area contributed by atoms with Gasteiger partial charge in [0.2, 0.25) is 5.91 Å². The Bertz CT molecular complexity index is 1500. The number of aromatic nitrogens is 2. The molecule has 3 aromatic rings. The lowest BCUT2D eigenvalue weighted by Crippen LogP contribution is -2.48. The maximum absolute atomic E-state index is 16.2. The van der Waals surface area contributed by atoms with Crippen molar-refractivity contribution in [3.63, 3.8) is 0 Å². The Morgan fingerprint density at radius 3 is 2.42 bits per heavy atom. The fraction of sp³-hybridized carbons (Fsp3) is 0.414. The largest absolute Gasteiger partial charge is 0.507 e. The number of amides is 1. The highest BCUT2D eigenvalue weighted by Gasteiger charge is 2.33. The van der Waals surface area contributed by atoms with E-state index in [1.807, 2.05) is 4.90 Å². The van der Waals surface area contributed by atoms with Crippen molar-refractivity contribution in [1.82, 2.24) is 19.8 Å². The number of halogens is 6. The predicted molar refractivity (Wildman–Crippen MR) is 151 cm³/mol. The van der Waals surface area contributed by atoms with E-state index >= 15 is 4.39 Å². The molecule has 8 nitrogen and oxygen atoms in total. The number of carbonyl (C=O) groups excluding carboxylic acids is 1. The zero-order valence-corrected chi connectivity index (χ0v) is 23.8. The number of nitrogens with zero attached hydrogens (tertiary/aromatic N) is 5. The topological polar surface area (TPSA) is 82.0 Å². The third kappa shape index (κ3) is 6.77. The zero-order chi connectivity index (χ0) is 30.9. The van der Waals surface area contributed by atoms with Crippen LogP contribution in [0.3, 0.4) is 0 Å². The van der Waals surface area contributed by atoms with E-state index in [0.717, 1.165) is 6.07 Å². The van der Waals surface area contributed by atoms with E-state index in [2.05, 4.69) is 16.5 Å². The number of anilines is 1. The molecule has 1 N–H and O–H groups in total. The Hall–Kier alpha value is -3.71. The molecule has 0 aliphatic carbocycles. The molecule has 3 heterocycles. The summed E-state index contributed by atoms with van der Waals surface area (Å²) in [7, 11) is 0. The fourth-order valence-electron chi connectivity index (χ4n) is 5.48. The molecule has 2 aliphatic heterocycles. The van der Waals surface area contributed by atoms with Crippen LogP contribution in [-0.2, 0) is 4.79 Å². The number of aromatic hydroxyl groups is 1. The number of phenolic OH excluding ortho intramolecular Hbond substituents is 1. The first kappa shape index (κ1) is 30.7. The van der Waals surface area contributed by atoms with E-state index in [0.29, 0.717) is 39.0 Å².